The molecule has 4 aliphatic rings. The maximum Gasteiger partial charge on any atom is 0.294 e. The molecule has 18 heavy (non-hydrogen) atoms. The summed E-state index contributed by atoms with van der Waals surface area (Å²) in [5.41, 5.74) is 1.34. The minimum Gasteiger partial charge on any atom is -0.380 e. The summed E-state index contributed by atoms with van der Waals surface area (Å²) in [5.74, 6) is -0.254. The zero-order valence-corrected chi connectivity index (χ0v) is 9.68. The van der Waals surface area contributed by atoms with Crippen LogP contribution in [-0.2, 0) is 25.3 Å². The van der Waals surface area contributed by atoms with Crippen molar-refractivity contribution in [2.75, 3.05) is 19.8 Å². The fraction of sp³-hybridized carbons (Fsp3) is 0.429. The van der Waals surface area contributed by atoms with Crippen molar-refractivity contribution in [1.29, 1.82) is 0 Å². The number of amides is 1. The molecule has 3 fully saturated rings. The standard InChI is InChI=1S/C14H11NO3/c16-11-12(17)15-5-8-6-18-7-13(8)9-3-1-2-4-10(9)14(11,13)15/h1-4,8H,5-7H2. The van der Waals surface area contributed by atoms with Crippen LogP contribution in [-0.4, -0.2) is 36.3 Å². The van der Waals surface area contributed by atoms with Crippen LogP contribution in [0.1, 0.15) is 11.1 Å². The zero-order valence-electron chi connectivity index (χ0n) is 9.68. The van der Waals surface area contributed by atoms with Crippen molar-refractivity contribution in [2.24, 2.45) is 5.92 Å². The number of rotatable bonds is 0. The predicted octanol–water partition coefficient (Wildman–Crippen LogP) is 0.205. The van der Waals surface area contributed by atoms with E-state index in [0.29, 0.717) is 19.8 Å². The maximum atomic E-state index is 12.3. The summed E-state index contributed by atoms with van der Waals surface area (Å²) >= 11 is 0. The second kappa shape index (κ2) is 2.38. The van der Waals surface area contributed by atoms with Crippen LogP contribution in [0.15, 0.2) is 24.3 Å². The summed E-state index contributed by atoms with van der Waals surface area (Å²) in [6.07, 6.45) is 0. The SMILES string of the molecule is O=C1C(=O)C23c4ccccc4C24COCC4CN13. The topological polar surface area (TPSA) is 46.6 Å². The number of hydrogen-bond acceptors (Lipinski definition) is 3. The van der Waals surface area contributed by atoms with Gasteiger partial charge in [-0.15, -0.1) is 0 Å². The van der Waals surface area contributed by atoms with Crippen LogP contribution >= 0.6 is 0 Å². The molecule has 0 N–H and O–H groups in total. The molecule has 0 aromatic heterocycles. The van der Waals surface area contributed by atoms with Crippen LogP contribution in [0, 0.1) is 5.92 Å². The van der Waals surface area contributed by atoms with E-state index in [1.807, 2.05) is 18.2 Å². The Balaban J connectivity index is 1.87. The summed E-state index contributed by atoms with van der Waals surface area (Å²) in [5, 5.41) is 0. The molecule has 1 aliphatic carbocycles. The molecule has 3 atom stereocenters. The number of nitrogens with zero attached hydrogens (tertiary/aromatic N) is 1. The highest BCUT2D eigenvalue weighted by Gasteiger charge is 2.84. The average Bonchev–Trinajstić information content (AvgIpc) is 2.90. The van der Waals surface area contributed by atoms with Crippen molar-refractivity contribution in [3.8, 4) is 0 Å². The molecule has 3 saturated heterocycles. The van der Waals surface area contributed by atoms with E-state index in [9.17, 15) is 9.59 Å². The number of ether oxygens (including phenoxy) is 1. The van der Waals surface area contributed by atoms with Crippen molar-refractivity contribution < 1.29 is 14.3 Å². The van der Waals surface area contributed by atoms with Crippen molar-refractivity contribution in [3.05, 3.63) is 35.4 Å². The van der Waals surface area contributed by atoms with Crippen molar-refractivity contribution >= 4 is 11.7 Å². The van der Waals surface area contributed by atoms with Crippen LogP contribution in [0.2, 0.25) is 0 Å². The molecular formula is C14H11NO3. The monoisotopic (exact) mass is 241 g/mol. The fourth-order valence-corrected chi connectivity index (χ4v) is 4.74. The van der Waals surface area contributed by atoms with Crippen LogP contribution in [0.5, 0.6) is 0 Å². The lowest BCUT2D eigenvalue weighted by Gasteiger charge is -2.61. The lowest BCUT2D eigenvalue weighted by atomic mass is 9.46. The van der Waals surface area contributed by atoms with E-state index in [1.54, 1.807) is 4.90 Å². The van der Waals surface area contributed by atoms with Crippen molar-refractivity contribution in [3.63, 3.8) is 0 Å². The van der Waals surface area contributed by atoms with Crippen molar-refractivity contribution in [1.82, 2.24) is 4.90 Å². The average molecular weight is 241 g/mol. The Hall–Kier alpha value is -1.68. The Labute approximate surface area is 104 Å². The summed E-state index contributed by atoms with van der Waals surface area (Å²) in [7, 11) is 0. The summed E-state index contributed by atoms with van der Waals surface area (Å²) in [4.78, 5) is 25.9. The highest BCUT2D eigenvalue weighted by molar-refractivity contribution is 6.48. The molecule has 3 unspecified atom stereocenters. The van der Waals surface area contributed by atoms with Gasteiger partial charge in [0, 0.05) is 12.5 Å². The number of β-lactam (4-membered cyclic amide) rings is 1. The van der Waals surface area contributed by atoms with E-state index >= 15 is 0 Å². The first-order valence-corrected chi connectivity index (χ1v) is 6.29. The quantitative estimate of drug-likeness (QED) is 0.481. The van der Waals surface area contributed by atoms with Gasteiger partial charge in [0.15, 0.2) is 0 Å². The molecule has 3 heterocycles. The first-order chi connectivity index (χ1) is 8.74. The number of ketones is 1. The van der Waals surface area contributed by atoms with Gasteiger partial charge in [0.25, 0.3) is 11.7 Å². The minimum absolute atomic E-state index is 0.228. The Morgan fingerprint density at radius 1 is 1.22 bits per heavy atom. The molecular weight excluding hydrogens is 230 g/mol. The van der Waals surface area contributed by atoms with Gasteiger partial charge in [0.2, 0.25) is 0 Å². The first kappa shape index (κ1) is 9.28. The molecule has 1 aromatic rings. The third-order valence-corrected chi connectivity index (χ3v) is 5.36. The molecule has 4 nitrogen and oxygen atoms in total. The molecule has 5 rings (SSSR count). The molecule has 3 aliphatic heterocycles. The van der Waals surface area contributed by atoms with Gasteiger partial charge in [0.1, 0.15) is 5.54 Å². The third-order valence-electron chi connectivity index (χ3n) is 5.36. The molecule has 0 radical (unpaired) electrons. The Morgan fingerprint density at radius 2 is 2.00 bits per heavy atom. The smallest absolute Gasteiger partial charge is 0.294 e. The second-order valence-electron chi connectivity index (χ2n) is 5.68. The second-order valence-corrected chi connectivity index (χ2v) is 5.68. The first-order valence-electron chi connectivity index (χ1n) is 6.29. The van der Waals surface area contributed by atoms with Gasteiger partial charge < -0.3 is 9.64 Å². The number of fused-ring (bicyclic) bond motifs is 1. The van der Waals surface area contributed by atoms with Gasteiger partial charge in [-0.2, -0.15) is 0 Å². The lowest BCUT2D eigenvalue weighted by Crippen LogP contribution is -2.78. The maximum absolute atomic E-state index is 12.3. The lowest BCUT2D eigenvalue weighted by molar-refractivity contribution is -0.175. The van der Waals surface area contributed by atoms with Gasteiger partial charge in [-0.05, 0) is 11.1 Å². The Kier molecular flexibility index (Phi) is 1.23. The third kappa shape index (κ3) is 0.561. The molecule has 1 amide bonds. The van der Waals surface area contributed by atoms with Gasteiger partial charge in [-0.25, -0.2) is 0 Å². The van der Waals surface area contributed by atoms with Gasteiger partial charge in [-0.3, -0.25) is 9.59 Å². The van der Waals surface area contributed by atoms with Crippen LogP contribution in [0.3, 0.4) is 0 Å². The summed E-state index contributed by atoms with van der Waals surface area (Å²) in [6.45, 7) is 1.90. The molecule has 4 heteroatoms. The molecule has 2 spiro atoms. The molecule has 90 valence electrons. The Morgan fingerprint density at radius 3 is 2.83 bits per heavy atom. The summed E-state index contributed by atoms with van der Waals surface area (Å²) in [6, 6.07) is 8.02. The predicted molar refractivity (Wildman–Crippen MR) is 60.8 cm³/mol. The van der Waals surface area contributed by atoms with Crippen LogP contribution in [0.4, 0.5) is 0 Å². The fourth-order valence-electron chi connectivity index (χ4n) is 4.74. The minimum atomic E-state index is -0.665. The highest BCUT2D eigenvalue weighted by Crippen LogP contribution is 2.71. The van der Waals surface area contributed by atoms with E-state index in [0.717, 1.165) is 5.56 Å². The summed E-state index contributed by atoms with van der Waals surface area (Å²) < 4.78 is 5.63. The normalized spacial score (nSPS) is 42.7. The largest absolute Gasteiger partial charge is 0.380 e. The number of Topliss-reactive ketones (excluding diaryl/α,β-unsaturated/α-hetero) is 1. The number of carbonyl (C=O) groups excluding carboxylic acids is 2. The molecule has 0 saturated carbocycles. The number of hydrogen-bond donors (Lipinski definition) is 0. The number of carbonyl (C=O) groups is 2. The Bertz CT molecular complexity index is 640. The van der Waals surface area contributed by atoms with E-state index in [-0.39, 0.29) is 23.0 Å². The van der Waals surface area contributed by atoms with Gasteiger partial charge >= 0.3 is 0 Å². The highest BCUT2D eigenvalue weighted by atomic mass is 16.5. The van der Waals surface area contributed by atoms with E-state index in [4.69, 9.17) is 4.74 Å². The molecule has 1 aromatic carbocycles. The molecule has 0 bridgehead atoms. The van der Waals surface area contributed by atoms with Crippen LogP contribution in [0.25, 0.3) is 0 Å². The van der Waals surface area contributed by atoms with Gasteiger partial charge in [0.05, 0.1) is 18.6 Å². The van der Waals surface area contributed by atoms with Crippen LogP contribution < -0.4 is 0 Å². The van der Waals surface area contributed by atoms with E-state index in [1.165, 1.54) is 5.56 Å². The number of benzene rings is 1. The van der Waals surface area contributed by atoms with Gasteiger partial charge in [-0.1, -0.05) is 24.3 Å². The zero-order chi connectivity index (χ0) is 12.1. The van der Waals surface area contributed by atoms with E-state index in [2.05, 4.69) is 6.07 Å². The van der Waals surface area contributed by atoms with E-state index < -0.39 is 5.54 Å². The van der Waals surface area contributed by atoms with Crippen molar-refractivity contribution in [2.45, 2.75) is 11.0 Å².